The number of anilines is 2. The average Bonchev–Trinajstić information content (AvgIpc) is 2.67. The summed E-state index contributed by atoms with van der Waals surface area (Å²) < 4.78 is 13.1. The molecular formula is C20H17FN2O2. The molecule has 25 heavy (non-hydrogen) atoms. The lowest BCUT2D eigenvalue weighted by Crippen LogP contribution is -2.20. The van der Waals surface area contributed by atoms with Crippen LogP contribution in [0.5, 0.6) is 0 Å². The summed E-state index contributed by atoms with van der Waals surface area (Å²) in [6, 6.07) is 20.9. The first-order valence-electron chi connectivity index (χ1n) is 7.73. The van der Waals surface area contributed by atoms with Gasteiger partial charge in [0.2, 0.25) is 0 Å². The van der Waals surface area contributed by atoms with E-state index in [-0.39, 0.29) is 5.82 Å². The molecule has 3 rings (SSSR count). The summed E-state index contributed by atoms with van der Waals surface area (Å²) in [5.41, 5.74) is 5.25. The van der Waals surface area contributed by atoms with Crippen LogP contribution in [0, 0.1) is 5.82 Å². The first kappa shape index (κ1) is 16.7. The van der Waals surface area contributed by atoms with Gasteiger partial charge in [0.1, 0.15) is 5.82 Å². The van der Waals surface area contributed by atoms with Crippen LogP contribution in [0.2, 0.25) is 0 Å². The Morgan fingerprint density at radius 3 is 2.24 bits per heavy atom. The van der Waals surface area contributed by atoms with Crippen LogP contribution >= 0.6 is 0 Å². The molecular weight excluding hydrogens is 319 g/mol. The monoisotopic (exact) mass is 336 g/mol. The summed E-state index contributed by atoms with van der Waals surface area (Å²) >= 11 is 0. The highest BCUT2D eigenvalue weighted by Crippen LogP contribution is 2.31. The molecule has 0 aliphatic rings. The van der Waals surface area contributed by atoms with Gasteiger partial charge < -0.3 is 4.90 Å². The number of hydrogen-bond donors (Lipinski definition) is 2. The molecule has 0 aromatic heterocycles. The van der Waals surface area contributed by atoms with E-state index in [4.69, 9.17) is 5.21 Å². The minimum Gasteiger partial charge on any atom is -0.345 e. The van der Waals surface area contributed by atoms with Crippen LogP contribution in [0.15, 0.2) is 72.8 Å². The zero-order chi connectivity index (χ0) is 17.8. The van der Waals surface area contributed by atoms with E-state index in [2.05, 4.69) is 0 Å². The third-order valence-corrected chi connectivity index (χ3v) is 4.04. The maximum absolute atomic E-state index is 13.1. The Kier molecular flexibility index (Phi) is 4.77. The summed E-state index contributed by atoms with van der Waals surface area (Å²) in [6.07, 6.45) is 0. The Morgan fingerprint density at radius 2 is 1.60 bits per heavy atom. The van der Waals surface area contributed by atoms with E-state index in [9.17, 15) is 9.18 Å². The van der Waals surface area contributed by atoms with E-state index in [1.54, 1.807) is 29.7 Å². The molecule has 0 saturated carbocycles. The molecule has 0 saturated heterocycles. The second-order valence-electron chi connectivity index (χ2n) is 5.57. The molecule has 0 bridgehead atoms. The number of nitrogens with one attached hydrogen (secondary N) is 1. The van der Waals surface area contributed by atoms with E-state index in [0.29, 0.717) is 11.1 Å². The van der Waals surface area contributed by atoms with Crippen LogP contribution < -0.4 is 10.4 Å². The smallest absolute Gasteiger partial charge is 0.275 e. The number of hydrogen-bond acceptors (Lipinski definition) is 3. The molecule has 0 unspecified atom stereocenters. The average molecular weight is 336 g/mol. The molecule has 0 radical (unpaired) electrons. The molecule has 0 atom stereocenters. The van der Waals surface area contributed by atoms with Gasteiger partial charge in [0.05, 0.1) is 0 Å². The maximum Gasteiger partial charge on any atom is 0.275 e. The lowest BCUT2D eigenvalue weighted by Gasteiger charge is -2.21. The molecule has 0 aliphatic heterocycles. The third kappa shape index (κ3) is 3.51. The Bertz CT molecular complexity index is 880. The van der Waals surface area contributed by atoms with Crippen molar-refractivity contribution in [1.82, 2.24) is 5.48 Å². The van der Waals surface area contributed by atoms with Crippen molar-refractivity contribution >= 4 is 17.3 Å². The molecule has 3 aromatic carbocycles. The fourth-order valence-electron chi connectivity index (χ4n) is 2.67. The Balaban J connectivity index is 2.07. The van der Waals surface area contributed by atoms with Crippen LogP contribution in [-0.4, -0.2) is 18.2 Å². The summed E-state index contributed by atoms with van der Waals surface area (Å²) in [6.45, 7) is 0. The van der Waals surface area contributed by atoms with Crippen molar-refractivity contribution in [3.63, 3.8) is 0 Å². The fourth-order valence-corrected chi connectivity index (χ4v) is 2.67. The molecule has 126 valence electrons. The largest absolute Gasteiger partial charge is 0.345 e. The van der Waals surface area contributed by atoms with Gasteiger partial charge >= 0.3 is 0 Å². The van der Waals surface area contributed by atoms with E-state index < -0.39 is 5.91 Å². The summed E-state index contributed by atoms with van der Waals surface area (Å²) in [7, 11) is 1.86. The summed E-state index contributed by atoms with van der Waals surface area (Å²) in [5, 5.41) is 9.00. The number of amides is 1. The van der Waals surface area contributed by atoms with Gasteiger partial charge in [0.15, 0.2) is 0 Å². The van der Waals surface area contributed by atoms with Gasteiger partial charge in [0, 0.05) is 24.0 Å². The van der Waals surface area contributed by atoms with Gasteiger partial charge in [-0.05, 0) is 53.6 Å². The quantitative estimate of drug-likeness (QED) is 0.549. The molecule has 0 aliphatic carbocycles. The number of hydroxylamine groups is 1. The van der Waals surface area contributed by atoms with Gasteiger partial charge in [-0.1, -0.05) is 30.3 Å². The molecule has 0 fully saturated rings. The van der Waals surface area contributed by atoms with Crippen molar-refractivity contribution in [3.05, 3.63) is 84.2 Å². The highest BCUT2D eigenvalue weighted by molar-refractivity contribution is 6.01. The van der Waals surface area contributed by atoms with Gasteiger partial charge in [-0.25, -0.2) is 9.87 Å². The minimum atomic E-state index is -0.574. The van der Waals surface area contributed by atoms with Crippen LogP contribution in [0.3, 0.4) is 0 Å². The zero-order valence-corrected chi connectivity index (χ0v) is 13.6. The number of carbonyl (C=O) groups excluding carboxylic acids is 1. The van der Waals surface area contributed by atoms with Crippen LogP contribution in [0.1, 0.15) is 10.4 Å². The fraction of sp³-hybridized carbons (Fsp3) is 0.0500. The Hall–Kier alpha value is -3.18. The SMILES string of the molecule is CN(c1ccc(F)cc1)c1ccc(C(=O)NO)c(-c2ccccc2)c1. The number of nitrogens with zero attached hydrogens (tertiary/aromatic N) is 1. The van der Waals surface area contributed by atoms with E-state index in [1.165, 1.54) is 12.1 Å². The second-order valence-corrected chi connectivity index (χ2v) is 5.57. The molecule has 1 amide bonds. The molecule has 2 N–H and O–H groups in total. The first-order valence-corrected chi connectivity index (χ1v) is 7.73. The highest BCUT2D eigenvalue weighted by Gasteiger charge is 2.15. The number of benzene rings is 3. The maximum atomic E-state index is 13.1. The van der Waals surface area contributed by atoms with Gasteiger partial charge in [0.25, 0.3) is 5.91 Å². The van der Waals surface area contributed by atoms with E-state index in [1.807, 2.05) is 48.3 Å². The first-order chi connectivity index (χ1) is 12.1. The molecule has 0 spiro atoms. The van der Waals surface area contributed by atoms with Crippen LogP contribution in [0.25, 0.3) is 11.1 Å². The summed E-state index contributed by atoms with van der Waals surface area (Å²) in [4.78, 5) is 13.9. The van der Waals surface area contributed by atoms with Crippen molar-refractivity contribution in [2.45, 2.75) is 0 Å². The zero-order valence-electron chi connectivity index (χ0n) is 13.6. The lowest BCUT2D eigenvalue weighted by atomic mass is 9.98. The van der Waals surface area contributed by atoms with Crippen molar-refractivity contribution in [1.29, 1.82) is 0 Å². The molecule has 5 heteroatoms. The van der Waals surface area contributed by atoms with Crippen LogP contribution in [-0.2, 0) is 0 Å². The highest BCUT2D eigenvalue weighted by atomic mass is 19.1. The Morgan fingerprint density at radius 1 is 0.960 bits per heavy atom. The van der Waals surface area contributed by atoms with Gasteiger partial charge in [-0.2, -0.15) is 0 Å². The van der Waals surface area contributed by atoms with Crippen LogP contribution in [0.4, 0.5) is 15.8 Å². The van der Waals surface area contributed by atoms with Crippen molar-refractivity contribution < 1.29 is 14.4 Å². The Labute approximate surface area is 145 Å². The predicted octanol–water partition coefficient (Wildman–Crippen LogP) is 4.38. The molecule has 0 heterocycles. The van der Waals surface area contributed by atoms with Gasteiger partial charge in [-0.15, -0.1) is 0 Å². The van der Waals surface area contributed by atoms with Crippen molar-refractivity contribution in [2.75, 3.05) is 11.9 Å². The normalized spacial score (nSPS) is 10.4. The van der Waals surface area contributed by atoms with Crippen molar-refractivity contribution in [2.24, 2.45) is 0 Å². The second kappa shape index (κ2) is 7.15. The van der Waals surface area contributed by atoms with Gasteiger partial charge in [-0.3, -0.25) is 10.0 Å². The predicted molar refractivity (Wildman–Crippen MR) is 95.6 cm³/mol. The minimum absolute atomic E-state index is 0.294. The molecule has 3 aromatic rings. The summed E-state index contributed by atoms with van der Waals surface area (Å²) in [5.74, 6) is -0.869. The number of rotatable bonds is 4. The topological polar surface area (TPSA) is 52.6 Å². The number of halogens is 1. The standard InChI is InChI=1S/C20H17FN2O2/c1-23(16-9-7-15(21)8-10-16)17-11-12-18(20(24)22-25)19(13-17)14-5-3-2-4-6-14/h2-13,25H,1H3,(H,22,24). The number of carbonyl (C=O) groups is 1. The molecule has 4 nitrogen and oxygen atoms in total. The van der Waals surface area contributed by atoms with E-state index >= 15 is 0 Å². The lowest BCUT2D eigenvalue weighted by molar-refractivity contribution is 0.0707. The van der Waals surface area contributed by atoms with E-state index in [0.717, 1.165) is 16.9 Å². The van der Waals surface area contributed by atoms with Crippen molar-refractivity contribution in [3.8, 4) is 11.1 Å². The third-order valence-electron chi connectivity index (χ3n) is 4.04.